The summed E-state index contributed by atoms with van der Waals surface area (Å²) in [6.45, 7) is 12.8. The Morgan fingerprint density at radius 2 is 2.09 bits per heavy atom. The zero-order valence-corrected chi connectivity index (χ0v) is 15.0. The molecule has 1 atom stereocenters. The predicted molar refractivity (Wildman–Crippen MR) is 91.3 cm³/mol. The highest BCUT2D eigenvalue weighted by Crippen LogP contribution is 2.06. The van der Waals surface area contributed by atoms with Crippen LogP contribution in [-0.4, -0.2) is 48.6 Å². The van der Waals surface area contributed by atoms with Crippen LogP contribution in [0.5, 0.6) is 0 Å². The number of aliphatic imine (C=N–C) groups is 1. The number of ether oxygens (including phenoxy) is 1. The van der Waals surface area contributed by atoms with Crippen molar-refractivity contribution in [2.75, 3.05) is 27.2 Å². The van der Waals surface area contributed by atoms with Crippen molar-refractivity contribution in [1.82, 2.24) is 20.4 Å². The maximum Gasteiger partial charge on any atom is 0.191 e. The second kappa shape index (κ2) is 8.17. The first-order valence-electron chi connectivity index (χ1n) is 7.78. The lowest BCUT2D eigenvalue weighted by Crippen LogP contribution is -2.46. The molecular formula is C16H31N5O. The topological polar surface area (TPSA) is 63.5 Å². The molecule has 0 aliphatic rings. The average Bonchev–Trinajstić information content (AvgIpc) is 2.77. The standard InChI is InChI=1S/C16H31N5O/c1-12(10-21-14(3)8-13(2)20-21)9-18-15(17-6)19-11-16(4,5)22-7/h8,12H,9-11H2,1-7H3,(H2,17,18,19). The normalized spacial score (nSPS) is 14.0. The number of methoxy groups -OCH3 is 1. The van der Waals surface area contributed by atoms with Gasteiger partial charge in [0.2, 0.25) is 0 Å². The monoisotopic (exact) mass is 309 g/mol. The summed E-state index contributed by atoms with van der Waals surface area (Å²) in [5, 5.41) is 11.1. The van der Waals surface area contributed by atoms with Gasteiger partial charge < -0.3 is 15.4 Å². The maximum atomic E-state index is 5.40. The molecule has 0 aliphatic carbocycles. The van der Waals surface area contributed by atoms with Gasteiger partial charge in [0.15, 0.2) is 5.96 Å². The molecule has 22 heavy (non-hydrogen) atoms. The number of nitrogens with one attached hydrogen (secondary N) is 2. The minimum Gasteiger partial charge on any atom is -0.377 e. The van der Waals surface area contributed by atoms with Crippen LogP contribution in [0.3, 0.4) is 0 Å². The summed E-state index contributed by atoms with van der Waals surface area (Å²) in [7, 11) is 3.50. The molecule has 0 aliphatic heterocycles. The Labute approximate surface area is 134 Å². The molecule has 0 amide bonds. The van der Waals surface area contributed by atoms with Crippen LogP contribution in [0.1, 0.15) is 32.2 Å². The smallest absolute Gasteiger partial charge is 0.191 e. The van der Waals surface area contributed by atoms with Gasteiger partial charge in [-0.1, -0.05) is 6.92 Å². The van der Waals surface area contributed by atoms with Gasteiger partial charge in [0.1, 0.15) is 0 Å². The molecule has 0 saturated heterocycles. The fourth-order valence-corrected chi connectivity index (χ4v) is 2.08. The number of aryl methyl sites for hydroxylation is 2. The molecule has 1 heterocycles. The van der Waals surface area contributed by atoms with Crippen LogP contribution in [0.25, 0.3) is 0 Å². The summed E-state index contributed by atoms with van der Waals surface area (Å²) in [5.41, 5.74) is 2.05. The Morgan fingerprint density at radius 1 is 1.41 bits per heavy atom. The van der Waals surface area contributed by atoms with Crippen molar-refractivity contribution in [2.45, 2.75) is 46.8 Å². The van der Waals surface area contributed by atoms with E-state index in [-0.39, 0.29) is 5.60 Å². The van der Waals surface area contributed by atoms with Crippen molar-refractivity contribution in [3.8, 4) is 0 Å². The van der Waals surface area contributed by atoms with Gasteiger partial charge in [-0.25, -0.2) is 0 Å². The maximum absolute atomic E-state index is 5.40. The van der Waals surface area contributed by atoms with Crippen molar-refractivity contribution in [1.29, 1.82) is 0 Å². The van der Waals surface area contributed by atoms with Gasteiger partial charge in [-0.15, -0.1) is 0 Å². The number of hydrogen-bond donors (Lipinski definition) is 2. The minimum absolute atomic E-state index is 0.215. The predicted octanol–water partition coefficient (Wildman–Crippen LogP) is 1.73. The van der Waals surface area contributed by atoms with Crippen LogP contribution in [0, 0.1) is 19.8 Å². The van der Waals surface area contributed by atoms with E-state index >= 15 is 0 Å². The number of nitrogens with zero attached hydrogens (tertiary/aromatic N) is 3. The van der Waals surface area contributed by atoms with E-state index in [1.807, 2.05) is 20.8 Å². The number of hydrogen-bond acceptors (Lipinski definition) is 3. The molecule has 0 fully saturated rings. The second-order valence-corrected chi connectivity index (χ2v) is 6.48. The highest BCUT2D eigenvalue weighted by Gasteiger charge is 2.16. The zero-order chi connectivity index (χ0) is 16.8. The van der Waals surface area contributed by atoms with Crippen molar-refractivity contribution in [3.05, 3.63) is 17.5 Å². The first-order valence-corrected chi connectivity index (χ1v) is 7.78. The fraction of sp³-hybridized carbons (Fsp3) is 0.750. The molecule has 126 valence electrons. The van der Waals surface area contributed by atoms with E-state index in [1.165, 1.54) is 5.69 Å². The second-order valence-electron chi connectivity index (χ2n) is 6.48. The van der Waals surface area contributed by atoms with Crippen LogP contribution < -0.4 is 10.6 Å². The van der Waals surface area contributed by atoms with E-state index in [2.05, 4.69) is 45.3 Å². The summed E-state index contributed by atoms with van der Waals surface area (Å²) in [5.74, 6) is 1.25. The van der Waals surface area contributed by atoms with Gasteiger partial charge in [-0.2, -0.15) is 5.10 Å². The van der Waals surface area contributed by atoms with E-state index < -0.39 is 0 Å². The highest BCUT2D eigenvalue weighted by atomic mass is 16.5. The van der Waals surface area contributed by atoms with E-state index in [0.29, 0.717) is 12.5 Å². The third-order valence-electron chi connectivity index (χ3n) is 3.66. The summed E-state index contributed by atoms with van der Waals surface area (Å²) in [6, 6.07) is 2.10. The summed E-state index contributed by atoms with van der Waals surface area (Å²) in [4.78, 5) is 4.24. The summed E-state index contributed by atoms with van der Waals surface area (Å²) in [6.07, 6.45) is 0. The van der Waals surface area contributed by atoms with Crippen molar-refractivity contribution < 1.29 is 4.74 Å². The molecule has 6 nitrogen and oxygen atoms in total. The van der Waals surface area contributed by atoms with Gasteiger partial charge in [-0.05, 0) is 39.7 Å². The first kappa shape index (κ1) is 18.5. The molecule has 0 aromatic carbocycles. The molecule has 0 radical (unpaired) electrons. The Kier molecular flexibility index (Phi) is 6.87. The Morgan fingerprint density at radius 3 is 2.59 bits per heavy atom. The molecule has 1 rings (SSSR count). The van der Waals surface area contributed by atoms with Crippen LogP contribution in [0.2, 0.25) is 0 Å². The molecule has 0 spiro atoms. The van der Waals surface area contributed by atoms with Crippen LogP contribution in [0.4, 0.5) is 0 Å². The third-order valence-corrected chi connectivity index (χ3v) is 3.66. The molecule has 1 aromatic rings. The molecule has 0 bridgehead atoms. The molecule has 6 heteroatoms. The van der Waals surface area contributed by atoms with Gasteiger partial charge in [0.05, 0.1) is 11.3 Å². The molecular weight excluding hydrogens is 278 g/mol. The highest BCUT2D eigenvalue weighted by molar-refractivity contribution is 5.79. The van der Waals surface area contributed by atoms with Crippen LogP contribution in [0.15, 0.2) is 11.1 Å². The van der Waals surface area contributed by atoms with Crippen molar-refractivity contribution in [2.24, 2.45) is 10.9 Å². The molecule has 1 aromatic heterocycles. The van der Waals surface area contributed by atoms with Gasteiger partial charge in [0, 0.05) is 39.5 Å². The van der Waals surface area contributed by atoms with Crippen molar-refractivity contribution in [3.63, 3.8) is 0 Å². The third kappa shape index (κ3) is 6.05. The van der Waals surface area contributed by atoms with Crippen LogP contribution >= 0.6 is 0 Å². The van der Waals surface area contributed by atoms with E-state index in [0.717, 1.165) is 24.7 Å². The Balaban J connectivity index is 2.41. The summed E-state index contributed by atoms with van der Waals surface area (Å²) >= 11 is 0. The van der Waals surface area contributed by atoms with E-state index in [9.17, 15) is 0 Å². The Hall–Kier alpha value is -1.56. The van der Waals surface area contributed by atoms with Gasteiger partial charge >= 0.3 is 0 Å². The van der Waals surface area contributed by atoms with Gasteiger partial charge in [-0.3, -0.25) is 9.67 Å². The van der Waals surface area contributed by atoms with Crippen molar-refractivity contribution >= 4 is 5.96 Å². The lowest BCUT2D eigenvalue weighted by atomic mass is 10.1. The number of guanidine groups is 1. The van der Waals surface area contributed by atoms with E-state index in [1.54, 1.807) is 14.2 Å². The molecule has 2 N–H and O–H groups in total. The first-order chi connectivity index (χ1) is 10.3. The lowest BCUT2D eigenvalue weighted by molar-refractivity contribution is 0.0268. The lowest BCUT2D eigenvalue weighted by Gasteiger charge is -2.25. The quantitative estimate of drug-likeness (QED) is 0.595. The SMILES string of the molecule is CN=C(NCC(C)Cn1nc(C)cc1C)NCC(C)(C)OC. The minimum atomic E-state index is -0.215. The van der Waals surface area contributed by atoms with E-state index in [4.69, 9.17) is 4.74 Å². The molecule has 0 saturated carbocycles. The summed E-state index contributed by atoms with van der Waals surface area (Å²) < 4.78 is 7.46. The fourth-order valence-electron chi connectivity index (χ4n) is 2.08. The largest absolute Gasteiger partial charge is 0.377 e. The molecule has 1 unspecified atom stereocenters. The average molecular weight is 309 g/mol. The number of aromatic nitrogens is 2. The zero-order valence-electron chi connectivity index (χ0n) is 15.0. The Bertz CT molecular complexity index is 493. The van der Waals surface area contributed by atoms with Crippen LogP contribution in [-0.2, 0) is 11.3 Å². The van der Waals surface area contributed by atoms with Gasteiger partial charge in [0.25, 0.3) is 0 Å². The number of rotatable bonds is 7.